The lowest BCUT2D eigenvalue weighted by Gasteiger charge is -2.24. The molecule has 0 aromatic heterocycles. The van der Waals surface area contributed by atoms with Crippen LogP contribution in [0.5, 0.6) is 0 Å². The first-order chi connectivity index (χ1) is 10.1. The normalized spacial score (nSPS) is 15.4. The van der Waals surface area contributed by atoms with Crippen molar-refractivity contribution in [2.75, 3.05) is 30.4 Å². The van der Waals surface area contributed by atoms with E-state index in [4.69, 9.17) is 5.26 Å². The molecule has 5 heteroatoms. The van der Waals surface area contributed by atoms with E-state index in [1.165, 1.54) is 12.8 Å². The number of rotatable bonds is 4. The van der Waals surface area contributed by atoms with Crippen LogP contribution >= 0.6 is 0 Å². The monoisotopic (exact) mass is 286 g/mol. The van der Waals surface area contributed by atoms with Crippen LogP contribution in [0.4, 0.5) is 16.2 Å². The summed E-state index contributed by atoms with van der Waals surface area (Å²) in [5.41, 5.74) is 1.94. The van der Waals surface area contributed by atoms with Gasteiger partial charge >= 0.3 is 6.03 Å². The number of nitrogens with zero attached hydrogens (tertiary/aromatic N) is 3. The van der Waals surface area contributed by atoms with Crippen molar-refractivity contribution in [3.05, 3.63) is 24.3 Å². The highest BCUT2D eigenvalue weighted by molar-refractivity contribution is 5.90. The Bertz CT molecular complexity index is 531. The summed E-state index contributed by atoms with van der Waals surface area (Å²) in [6, 6.07) is 9.73. The van der Waals surface area contributed by atoms with Crippen molar-refractivity contribution in [2.24, 2.45) is 0 Å². The highest BCUT2D eigenvalue weighted by Crippen LogP contribution is 2.23. The molecule has 112 valence electrons. The predicted molar refractivity (Wildman–Crippen MR) is 84.4 cm³/mol. The summed E-state index contributed by atoms with van der Waals surface area (Å²) in [5, 5.41) is 11.6. The molecular weight excluding hydrogens is 264 g/mol. The summed E-state index contributed by atoms with van der Waals surface area (Å²) < 4.78 is 0. The van der Waals surface area contributed by atoms with Crippen molar-refractivity contribution in [3.8, 4) is 6.07 Å². The van der Waals surface area contributed by atoms with Gasteiger partial charge in [-0.15, -0.1) is 0 Å². The van der Waals surface area contributed by atoms with Crippen LogP contribution in [-0.4, -0.2) is 37.1 Å². The molecule has 0 saturated carbocycles. The zero-order chi connectivity index (χ0) is 15.2. The third kappa shape index (κ3) is 3.88. The standard InChI is InChI=1S/C16H22N4O/c1-13(8-9-17)19(2)16(21)18-14-6-5-7-15(12-14)20-10-3-4-11-20/h5-7,12-13H,3-4,8,10-11H2,1-2H3,(H,18,21). The molecule has 1 aliphatic heterocycles. The van der Waals surface area contributed by atoms with Crippen LogP contribution in [0, 0.1) is 11.3 Å². The van der Waals surface area contributed by atoms with Gasteiger partial charge in [-0.3, -0.25) is 0 Å². The van der Waals surface area contributed by atoms with Crippen molar-refractivity contribution in [2.45, 2.75) is 32.2 Å². The van der Waals surface area contributed by atoms with Gasteiger partial charge in [0.1, 0.15) is 0 Å². The molecule has 1 N–H and O–H groups in total. The second-order valence-corrected chi connectivity index (χ2v) is 5.50. The lowest BCUT2D eigenvalue weighted by atomic mass is 10.2. The predicted octanol–water partition coefficient (Wildman–Crippen LogP) is 3.05. The van der Waals surface area contributed by atoms with Gasteiger partial charge in [-0.1, -0.05) is 6.07 Å². The van der Waals surface area contributed by atoms with Gasteiger partial charge in [0.15, 0.2) is 0 Å². The summed E-state index contributed by atoms with van der Waals surface area (Å²) in [7, 11) is 1.71. The van der Waals surface area contributed by atoms with Crippen LogP contribution < -0.4 is 10.2 Å². The molecule has 1 atom stereocenters. The molecule has 0 aliphatic carbocycles. The van der Waals surface area contributed by atoms with Crippen molar-refractivity contribution in [1.82, 2.24) is 4.90 Å². The lowest BCUT2D eigenvalue weighted by Crippen LogP contribution is -2.38. The minimum atomic E-state index is -0.184. The molecule has 1 saturated heterocycles. The number of nitrogens with one attached hydrogen (secondary N) is 1. The number of benzene rings is 1. The first-order valence-corrected chi connectivity index (χ1v) is 7.37. The number of hydrogen-bond donors (Lipinski definition) is 1. The topological polar surface area (TPSA) is 59.4 Å². The Morgan fingerprint density at radius 2 is 2.19 bits per heavy atom. The van der Waals surface area contributed by atoms with E-state index in [0.717, 1.165) is 24.5 Å². The first kappa shape index (κ1) is 15.2. The molecule has 1 aromatic carbocycles. The summed E-state index contributed by atoms with van der Waals surface area (Å²) in [6.07, 6.45) is 2.79. The second kappa shape index (κ2) is 6.98. The highest BCUT2D eigenvalue weighted by Gasteiger charge is 2.16. The summed E-state index contributed by atoms with van der Waals surface area (Å²) in [4.78, 5) is 16.0. The SMILES string of the molecule is CC(CC#N)N(C)C(=O)Nc1cccc(N2CCCC2)c1. The molecule has 0 spiro atoms. The van der Waals surface area contributed by atoms with E-state index in [9.17, 15) is 4.79 Å². The maximum atomic E-state index is 12.2. The molecule has 1 aliphatic rings. The number of hydrogen-bond acceptors (Lipinski definition) is 3. The number of carbonyl (C=O) groups is 1. The summed E-state index contributed by atoms with van der Waals surface area (Å²) in [5.74, 6) is 0. The molecule has 1 fully saturated rings. The Kier molecular flexibility index (Phi) is 5.04. The van der Waals surface area contributed by atoms with E-state index >= 15 is 0 Å². The van der Waals surface area contributed by atoms with Gasteiger partial charge in [0.05, 0.1) is 12.5 Å². The van der Waals surface area contributed by atoms with Gasteiger partial charge in [-0.05, 0) is 38.0 Å². The van der Waals surface area contributed by atoms with Crippen molar-refractivity contribution < 1.29 is 4.79 Å². The molecule has 0 bridgehead atoms. The molecule has 1 heterocycles. The Morgan fingerprint density at radius 3 is 2.86 bits per heavy atom. The van der Waals surface area contributed by atoms with Crippen molar-refractivity contribution in [3.63, 3.8) is 0 Å². The molecule has 2 amide bonds. The highest BCUT2D eigenvalue weighted by atomic mass is 16.2. The van der Waals surface area contributed by atoms with Crippen LogP contribution in [0.15, 0.2) is 24.3 Å². The largest absolute Gasteiger partial charge is 0.371 e. The fraction of sp³-hybridized carbons (Fsp3) is 0.500. The lowest BCUT2D eigenvalue weighted by molar-refractivity contribution is 0.208. The first-order valence-electron chi connectivity index (χ1n) is 7.37. The maximum Gasteiger partial charge on any atom is 0.321 e. The Hall–Kier alpha value is -2.22. The van der Waals surface area contributed by atoms with Gasteiger partial charge in [0, 0.05) is 37.6 Å². The third-order valence-corrected chi connectivity index (χ3v) is 3.94. The summed E-state index contributed by atoms with van der Waals surface area (Å²) >= 11 is 0. The third-order valence-electron chi connectivity index (χ3n) is 3.94. The van der Waals surface area contributed by atoms with Crippen LogP contribution in [0.2, 0.25) is 0 Å². The van der Waals surface area contributed by atoms with Crippen LogP contribution in [0.3, 0.4) is 0 Å². The number of carbonyl (C=O) groups excluding carboxylic acids is 1. The molecule has 1 aromatic rings. The van der Waals surface area contributed by atoms with Crippen molar-refractivity contribution in [1.29, 1.82) is 5.26 Å². The minimum Gasteiger partial charge on any atom is -0.371 e. The van der Waals surface area contributed by atoms with Gasteiger partial charge in [-0.25, -0.2) is 4.79 Å². The molecular formula is C16H22N4O. The molecule has 21 heavy (non-hydrogen) atoms. The Balaban J connectivity index is 2.00. The van der Waals surface area contributed by atoms with E-state index in [2.05, 4.69) is 22.4 Å². The van der Waals surface area contributed by atoms with E-state index in [-0.39, 0.29) is 12.1 Å². The van der Waals surface area contributed by atoms with Gasteiger partial charge in [0.2, 0.25) is 0 Å². The van der Waals surface area contributed by atoms with E-state index in [1.54, 1.807) is 11.9 Å². The fourth-order valence-electron chi connectivity index (χ4n) is 2.44. The van der Waals surface area contributed by atoms with Crippen molar-refractivity contribution >= 4 is 17.4 Å². The van der Waals surface area contributed by atoms with Crippen LogP contribution in [0.25, 0.3) is 0 Å². The second-order valence-electron chi connectivity index (χ2n) is 5.50. The smallest absolute Gasteiger partial charge is 0.321 e. The molecule has 1 unspecified atom stereocenters. The number of urea groups is 1. The number of nitriles is 1. The average Bonchev–Trinajstić information content (AvgIpc) is 3.01. The van der Waals surface area contributed by atoms with Gasteiger partial charge in [0.25, 0.3) is 0 Å². The molecule has 5 nitrogen and oxygen atoms in total. The molecule has 2 rings (SSSR count). The minimum absolute atomic E-state index is 0.100. The quantitative estimate of drug-likeness (QED) is 0.925. The zero-order valence-electron chi connectivity index (χ0n) is 12.7. The fourth-order valence-corrected chi connectivity index (χ4v) is 2.44. The number of anilines is 2. The van der Waals surface area contributed by atoms with E-state index < -0.39 is 0 Å². The van der Waals surface area contributed by atoms with Crippen LogP contribution in [0.1, 0.15) is 26.2 Å². The maximum absolute atomic E-state index is 12.2. The van der Waals surface area contributed by atoms with Gasteiger partial charge < -0.3 is 15.1 Å². The Labute approximate surface area is 126 Å². The average molecular weight is 286 g/mol. The van der Waals surface area contributed by atoms with Gasteiger partial charge in [-0.2, -0.15) is 5.26 Å². The zero-order valence-corrected chi connectivity index (χ0v) is 12.7. The van der Waals surface area contributed by atoms with E-state index in [0.29, 0.717) is 6.42 Å². The molecule has 0 radical (unpaired) electrons. The van der Waals surface area contributed by atoms with Crippen LogP contribution in [-0.2, 0) is 0 Å². The number of amides is 2. The summed E-state index contributed by atoms with van der Waals surface area (Å²) in [6.45, 7) is 4.02. The Morgan fingerprint density at radius 1 is 1.48 bits per heavy atom. The van der Waals surface area contributed by atoms with E-state index in [1.807, 2.05) is 25.1 Å².